The van der Waals surface area contributed by atoms with Crippen LogP contribution in [0.25, 0.3) is 0 Å². The highest BCUT2D eigenvalue weighted by Gasteiger charge is 2.03. The van der Waals surface area contributed by atoms with Gasteiger partial charge in [-0.15, -0.1) is 11.8 Å². The predicted octanol–water partition coefficient (Wildman–Crippen LogP) is 2.67. The van der Waals surface area contributed by atoms with Crippen LogP contribution in [0.15, 0.2) is 30.3 Å². The van der Waals surface area contributed by atoms with Crippen LogP contribution in [0.4, 0.5) is 0 Å². The minimum atomic E-state index is -0.485. The van der Waals surface area contributed by atoms with Crippen molar-refractivity contribution in [2.75, 3.05) is 6.61 Å². The molecule has 92 valence electrons. The highest BCUT2D eigenvalue weighted by Crippen LogP contribution is 2.14. The number of aliphatic hydroxyl groups excluding tert-OH is 2. The zero-order valence-corrected chi connectivity index (χ0v) is 10.1. The van der Waals surface area contributed by atoms with Crippen molar-refractivity contribution in [1.29, 1.82) is 0 Å². The molecule has 2 N–H and O–H groups in total. The maximum Gasteiger partial charge on any atom is 0.0899 e. The normalized spacial score (nSPS) is 11.6. The van der Waals surface area contributed by atoms with Gasteiger partial charge in [0.2, 0.25) is 0 Å². The SMILES string of the molecule is OCCCCCC#CCC(O)c1ccccc1. The number of hydrogen-bond acceptors (Lipinski definition) is 2. The summed E-state index contributed by atoms with van der Waals surface area (Å²) in [5, 5.41) is 18.4. The van der Waals surface area contributed by atoms with Crippen LogP contribution in [0.1, 0.15) is 43.8 Å². The van der Waals surface area contributed by atoms with Crippen molar-refractivity contribution in [1.82, 2.24) is 0 Å². The fourth-order valence-electron chi connectivity index (χ4n) is 1.55. The Labute approximate surface area is 103 Å². The van der Waals surface area contributed by atoms with E-state index in [2.05, 4.69) is 11.8 Å². The van der Waals surface area contributed by atoms with Gasteiger partial charge < -0.3 is 10.2 Å². The van der Waals surface area contributed by atoms with Gasteiger partial charge in [0.1, 0.15) is 0 Å². The molecule has 1 aromatic rings. The molecular weight excluding hydrogens is 212 g/mol. The molecule has 17 heavy (non-hydrogen) atoms. The van der Waals surface area contributed by atoms with Gasteiger partial charge in [0.15, 0.2) is 0 Å². The lowest BCUT2D eigenvalue weighted by Crippen LogP contribution is -1.94. The van der Waals surface area contributed by atoms with Crippen molar-refractivity contribution >= 4 is 0 Å². The maximum atomic E-state index is 9.83. The summed E-state index contributed by atoms with van der Waals surface area (Å²) in [4.78, 5) is 0. The molecule has 0 radical (unpaired) electrons. The second-order valence-corrected chi connectivity index (χ2v) is 4.02. The molecule has 0 spiro atoms. The second kappa shape index (κ2) is 8.81. The fraction of sp³-hybridized carbons (Fsp3) is 0.467. The summed E-state index contributed by atoms with van der Waals surface area (Å²) in [7, 11) is 0. The Morgan fingerprint density at radius 2 is 1.76 bits per heavy atom. The molecule has 0 fully saturated rings. The minimum absolute atomic E-state index is 0.264. The van der Waals surface area contributed by atoms with E-state index < -0.39 is 6.10 Å². The van der Waals surface area contributed by atoms with Crippen molar-refractivity contribution < 1.29 is 10.2 Å². The van der Waals surface area contributed by atoms with Gasteiger partial charge in [-0.25, -0.2) is 0 Å². The van der Waals surface area contributed by atoms with Gasteiger partial charge in [-0.1, -0.05) is 36.8 Å². The topological polar surface area (TPSA) is 40.5 Å². The lowest BCUT2D eigenvalue weighted by Gasteiger charge is -2.05. The molecule has 0 aromatic heterocycles. The first-order valence-electron chi connectivity index (χ1n) is 6.14. The van der Waals surface area contributed by atoms with E-state index in [1.807, 2.05) is 30.3 Å². The molecule has 1 atom stereocenters. The molecule has 1 aromatic carbocycles. The van der Waals surface area contributed by atoms with Gasteiger partial charge >= 0.3 is 0 Å². The van der Waals surface area contributed by atoms with Crippen LogP contribution in [0.5, 0.6) is 0 Å². The molecular formula is C15H20O2. The standard InChI is InChI=1S/C15H20O2/c16-13-9-4-2-1-3-8-12-15(17)14-10-6-5-7-11-14/h5-7,10-11,15-17H,1-2,4,9,12-13H2. The van der Waals surface area contributed by atoms with Crippen LogP contribution in [-0.4, -0.2) is 16.8 Å². The molecule has 0 amide bonds. The number of rotatable bonds is 6. The Balaban J connectivity index is 2.20. The van der Waals surface area contributed by atoms with Gasteiger partial charge in [-0.3, -0.25) is 0 Å². The van der Waals surface area contributed by atoms with Crippen molar-refractivity contribution in [3.8, 4) is 11.8 Å². The summed E-state index contributed by atoms with van der Waals surface area (Å²) in [6.45, 7) is 0.264. The lowest BCUT2D eigenvalue weighted by atomic mass is 10.1. The van der Waals surface area contributed by atoms with E-state index >= 15 is 0 Å². The zero-order valence-electron chi connectivity index (χ0n) is 10.1. The molecule has 0 aliphatic carbocycles. The molecule has 0 bridgehead atoms. The Morgan fingerprint density at radius 3 is 2.47 bits per heavy atom. The summed E-state index contributed by atoms with van der Waals surface area (Å²) < 4.78 is 0. The Bertz CT molecular complexity index is 348. The van der Waals surface area contributed by atoms with Gasteiger partial charge in [-0.2, -0.15) is 0 Å². The van der Waals surface area contributed by atoms with Crippen LogP contribution in [-0.2, 0) is 0 Å². The van der Waals surface area contributed by atoms with Crippen molar-refractivity contribution in [3.63, 3.8) is 0 Å². The molecule has 1 unspecified atom stereocenters. The molecule has 0 saturated carbocycles. The molecule has 2 nitrogen and oxygen atoms in total. The zero-order chi connectivity index (χ0) is 12.3. The Hall–Kier alpha value is -1.30. The summed E-state index contributed by atoms with van der Waals surface area (Å²) in [6.07, 6.45) is 3.75. The lowest BCUT2D eigenvalue weighted by molar-refractivity contribution is 0.184. The Morgan fingerprint density at radius 1 is 1.00 bits per heavy atom. The third-order valence-corrected chi connectivity index (χ3v) is 2.56. The number of benzene rings is 1. The first-order chi connectivity index (χ1) is 8.34. The van der Waals surface area contributed by atoms with E-state index in [1.165, 1.54) is 0 Å². The van der Waals surface area contributed by atoms with E-state index in [0.29, 0.717) is 6.42 Å². The van der Waals surface area contributed by atoms with Gasteiger partial charge in [0.05, 0.1) is 6.10 Å². The van der Waals surface area contributed by atoms with Crippen molar-refractivity contribution in [2.24, 2.45) is 0 Å². The van der Waals surface area contributed by atoms with Gasteiger partial charge in [-0.05, 0) is 18.4 Å². The summed E-state index contributed by atoms with van der Waals surface area (Å²) in [5.74, 6) is 6.05. The molecule has 2 heteroatoms. The van der Waals surface area contributed by atoms with E-state index in [0.717, 1.165) is 31.2 Å². The van der Waals surface area contributed by atoms with E-state index in [9.17, 15) is 5.11 Å². The molecule has 0 heterocycles. The van der Waals surface area contributed by atoms with Crippen LogP contribution in [0, 0.1) is 11.8 Å². The number of unbranched alkanes of at least 4 members (excludes halogenated alkanes) is 3. The van der Waals surface area contributed by atoms with Crippen LogP contribution in [0.3, 0.4) is 0 Å². The molecule has 1 rings (SSSR count). The van der Waals surface area contributed by atoms with Crippen LogP contribution >= 0.6 is 0 Å². The molecule has 0 aliphatic heterocycles. The highest BCUT2D eigenvalue weighted by molar-refractivity contribution is 5.19. The largest absolute Gasteiger partial charge is 0.396 e. The molecule has 0 saturated heterocycles. The van der Waals surface area contributed by atoms with Crippen molar-refractivity contribution in [2.45, 2.75) is 38.2 Å². The van der Waals surface area contributed by atoms with E-state index in [1.54, 1.807) is 0 Å². The van der Waals surface area contributed by atoms with E-state index in [-0.39, 0.29) is 6.61 Å². The fourth-order valence-corrected chi connectivity index (χ4v) is 1.55. The Kier molecular flexibility index (Phi) is 7.13. The average molecular weight is 232 g/mol. The molecule has 0 aliphatic rings. The second-order valence-electron chi connectivity index (χ2n) is 4.02. The first-order valence-corrected chi connectivity index (χ1v) is 6.14. The first kappa shape index (κ1) is 13.8. The maximum absolute atomic E-state index is 9.83. The highest BCUT2D eigenvalue weighted by atomic mass is 16.3. The average Bonchev–Trinajstić information content (AvgIpc) is 2.38. The summed E-state index contributed by atoms with van der Waals surface area (Å²) >= 11 is 0. The van der Waals surface area contributed by atoms with Crippen LogP contribution in [0.2, 0.25) is 0 Å². The third kappa shape index (κ3) is 6.11. The van der Waals surface area contributed by atoms with E-state index in [4.69, 9.17) is 5.11 Å². The van der Waals surface area contributed by atoms with Gasteiger partial charge in [0.25, 0.3) is 0 Å². The number of hydrogen-bond donors (Lipinski definition) is 2. The number of aliphatic hydroxyl groups is 2. The summed E-state index contributed by atoms with van der Waals surface area (Å²) in [5.41, 5.74) is 0.919. The monoisotopic (exact) mass is 232 g/mol. The van der Waals surface area contributed by atoms with Crippen LogP contribution < -0.4 is 0 Å². The summed E-state index contributed by atoms with van der Waals surface area (Å²) in [6, 6.07) is 9.59. The quantitative estimate of drug-likeness (QED) is 0.585. The van der Waals surface area contributed by atoms with Gasteiger partial charge in [0, 0.05) is 19.4 Å². The minimum Gasteiger partial charge on any atom is -0.396 e. The predicted molar refractivity (Wildman–Crippen MR) is 69.3 cm³/mol. The third-order valence-electron chi connectivity index (χ3n) is 2.56. The smallest absolute Gasteiger partial charge is 0.0899 e. The van der Waals surface area contributed by atoms with Crippen molar-refractivity contribution in [3.05, 3.63) is 35.9 Å².